The van der Waals surface area contributed by atoms with E-state index in [1.807, 2.05) is 12.1 Å². The molecule has 1 aliphatic heterocycles. The fourth-order valence-corrected chi connectivity index (χ4v) is 2.10. The van der Waals surface area contributed by atoms with E-state index >= 15 is 0 Å². The number of benzene rings is 1. The summed E-state index contributed by atoms with van der Waals surface area (Å²) in [6, 6.07) is 8.15. The minimum Gasteiger partial charge on any atom is -0.495 e. The van der Waals surface area contributed by atoms with Gasteiger partial charge in [0.05, 0.1) is 25.4 Å². The van der Waals surface area contributed by atoms with E-state index in [0.29, 0.717) is 17.4 Å². The van der Waals surface area contributed by atoms with Gasteiger partial charge < -0.3 is 14.8 Å². The first-order chi connectivity index (χ1) is 8.78. The number of ether oxygens (including phenoxy) is 2. The minimum atomic E-state index is 0.0365. The maximum atomic E-state index is 8.94. The Morgan fingerprint density at radius 3 is 2.94 bits per heavy atom. The summed E-state index contributed by atoms with van der Waals surface area (Å²) in [6.07, 6.45) is 1.11. The number of morpholine rings is 1. The lowest BCUT2D eigenvalue weighted by atomic mass is 10.0. The van der Waals surface area contributed by atoms with Gasteiger partial charge in [0.1, 0.15) is 11.8 Å². The van der Waals surface area contributed by atoms with Crippen LogP contribution in [-0.2, 0) is 4.74 Å². The van der Waals surface area contributed by atoms with Gasteiger partial charge in [-0.1, -0.05) is 13.0 Å². The summed E-state index contributed by atoms with van der Waals surface area (Å²) in [5, 5.41) is 12.4. The molecule has 2 atom stereocenters. The zero-order chi connectivity index (χ0) is 13.0. The van der Waals surface area contributed by atoms with Crippen molar-refractivity contribution in [2.45, 2.75) is 25.5 Å². The second-order valence-electron chi connectivity index (χ2n) is 4.41. The summed E-state index contributed by atoms with van der Waals surface area (Å²) in [6.45, 7) is 3.67. The zero-order valence-electron chi connectivity index (χ0n) is 10.8. The molecule has 1 aliphatic rings. The van der Waals surface area contributed by atoms with E-state index in [2.05, 4.69) is 18.3 Å². The van der Waals surface area contributed by atoms with Crippen molar-refractivity contribution in [1.29, 1.82) is 5.26 Å². The van der Waals surface area contributed by atoms with Gasteiger partial charge in [0.25, 0.3) is 0 Å². The number of hydrogen-bond donors (Lipinski definition) is 1. The van der Waals surface area contributed by atoms with Gasteiger partial charge in [0, 0.05) is 12.6 Å². The van der Waals surface area contributed by atoms with Crippen LogP contribution in [0.4, 0.5) is 0 Å². The van der Waals surface area contributed by atoms with E-state index < -0.39 is 0 Å². The summed E-state index contributed by atoms with van der Waals surface area (Å²) < 4.78 is 11.1. The maximum absolute atomic E-state index is 8.94. The molecule has 0 radical (unpaired) electrons. The number of methoxy groups -OCH3 is 1. The number of nitrogens with zero attached hydrogens (tertiary/aromatic N) is 1. The Labute approximate surface area is 108 Å². The largest absolute Gasteiger partial charge is 0.495 e. The van der Waals surface area contributed by atoms with E-state index in [-0.39, 0.29) is 6.10 Å². The highest BCUT2D eigenvalue weighted by Crippen LogP contribution is 2.26. The van der Waals surface area contributed by atoms with Crippen molar-refractivity contribution in [3.8, 4) is 11.8 Å². The number of nitriles is 1. The van der Waals surface area contributed by atoms with E-state index in [0.717, 1.165) is 25.1 Å². The Morgan fingerprint density at radius 2 is 2.39 bits per heavy atom. The Balaban J connectivity index is 2.13. The molecule has 1 fully saturated rings. The topological polar surface area (TPSA) is 54.3 Å². The van der Waals surface area contributed by atoms with Crippen LogP contribution in [0.2, 0.25) is 0 Å². The molecule has 0 aromatic heterocycles. The van der Waals surface area contributed by atoms with Crippen molar-refractivity contribution >= 4 is 0 Å². The quantitative estimate of drug-likeness (QED) is 0.886. The molecule has 0 bridgehead atoms. The van der Waals surface area contributed by atoms with Crippen LogP contribution < -0.4 is 10.1 Å². The fraction of sp³-hybridized carbons (Fsp3) is 0.500. The number of nitrogens with one attached hydrogen (secondary N) is 1. The molecular weight excluding hydrogens is 228 g/mol. The van der Waals surface area contributed by atoms with Crippen molar-refractivity contribution in [3.63, 3.8) is 0 Å². The maximum Gasteiger partial charge on any atom is 0.136 e. The summed E-state index contributed by atoms with van der Waals surface area (Å²) >= 11 is 0. The molecule has 1 aromatic carbocycles. The van der Waals surface area contributed by atoms with Crippen molar-refractivity contribution in [3.05, 3.63) is 29.3 Å². The highest BCUT2D eigenvalue weighted by molar-refractivity contribution is 5.45. The van der Waals surface area contributed by atoms with Crippen LogP contribution in [0.25, 0.3) is 0 Å². The van der Waals surface area contributed by atoms with Crippen LogP contribution in [-0.4, -0.2) is 26.3 Å². The molecule has 0 spiro atoms. The summed E-state index contributed by atoms with van der Waals surface area (Å²) in [7, 11) is 1.58. The Hall–Kier alpha value is -1.57. The fourth-order valence-electron chi connectivity index (χ4n) is 2.10. The van der Waals surface area contributed by atoms with Gasteiger partial charge in [-0.15, -0.1) is 0 Å². The molecule has 96 valence electrons. The van der Waals surface area contributed by atoms with E-state index in [9.17, 15) is 0 Å². The summed E-state index contributed by atoms with van der Waals surface area (Å²) in [5.41, 5.74) is 1.60. The molecule has 1 N–H and O–H groups in total. The predicted octanol–water partition coefficient (Wildman–Crippen LogP) is 2.01. The van der Waals surface area contributed by atoms with Crippen molar-refractivity contribution < 1.29 is 9.47 Å². The first-order valence-corrected chi connectivity index (χ1v) is 6.21. The monoisotopic (exact) mass is 246 g/mol. The molecule has 4 heteroatoms. The highest BCUT2D eigenvalue weighted by Gasteiger charge is 2.21. The molecule has 4 nitrogen and oxygen atoms in total. The predicted molar refractivity (Wildman–Crippen MR) is 68.5 cm³/mol. The normalized spacial score (nSPS) is 23.4. The van der Waals surface area contributed by atoms with Crippen LogP contribution >= 0.6 is 0 Å². The van der Waals surface area contributed by atoms with Gasteiger partial charge in [0.15, 0.2) is 0 Å². The average molecular weight is 246 g/mol. The Bertz CT molecular complexity index is 446. The van der Waals surface area contributed by atoms with E-state index in [4.69, 9.17) is 14.7 Å². The number of hydrogen-bond acceptors (Lipinski definition) is 4. The molecule has 0 saturated carbocycles. The van der Waals surface area contributed by atoms with Crippen LogP contribution in [0.1, 0.15) is 30.6 Å². The van der Waals surface area contributed by atoms with Gasteiger partial charge in [-0.2, -0.15) is 5.26 Å². The van der Waals surface area contributed by atoms with Crippen LogP contribution in [0.15, 0.2) is 18.2 Å². The first kappa shape index (κ1) is 12.9. The van der Waals surface area contributed by atoms with Crippen LogP contribution in [0, 0.1) is 11.3 Å². The molecule has 1 heterocycles. The van der Waals surface area contributed by atoms with Crippen molar-refractivity contribution in [2.24, 2.45) is 0 Å². The second kappa shape index (κ2) is 5.85. The molecule has 0 amide bonds. The molecule has 2 rings (SSSR count). The lowest BCUT2D eigenvalue weighted by Gasteiger charge is -2.30. The van der Waals surface area contributed by atoms with Crippen LogP contribution in [0.5, 0.6) is 5.75 Å². The highest BCUT2D eigenvalue weighted by atomic mass is 16.5. The Morgan fingerprint density at radius 1 is 1.56 bits per heavy atom. The summed E-state index contributed by atoms with van der Waals surface area (Å²) in [4.78, 5) is 0. The summed E-state index contributed by atoms with van der Waals surface area (Å²) in [5.74, 6) is 0.608. The van der Waals surface area contributed by atoms with Gasteiger partial charge in [-0.05, 0) is 24.1 Å². The van der Waals surface area contributed by atoms with Crippen molar-refractivity contribution in [2.75, 3.05) is 20.3 Å². The smallest absolute Gasteiger partial charge is 0.136 e. The van der Waals surface area contributed by atoms with Gasteiger partial charge in [-0.25, -0.2) is 0 Å². The van der Waals surface area contributed by atoms with E-state index in [1.54, 1.807) is 13.2 Å². The molecule has 1 unspecified atom stereocenters. The SMILES string of the molecule is CC[C@@H]1COC(c2ccc(C#N)c(OC)c2)CN1. The lowest BCUT2D eigenvalue weighted by molar-refractivity contribution is 0.00213. The number of rotatable bonds is 3. The van der Waals surface area contributed by atoms with Crippen molar-refractivity contribution in [1.82, 2.24) is 5.32 Å². The van der Waals surface area contributed by atoms with Gasteiger partial charge >= 0.3 is 0 Å². The lowest BCUT2D eigenvalue weighted by Crippen LogP contribution is -2.42. The molecule has 1 aromatic rings. The molecule has 1 saturated heterocycles. The Kier molecular flexibility index (Phi) is 4.19. The third-order valence-electron chi connectivity index (χ3n) is 3.30. The average Bonchev–Trinajstić information content (AvgIpc) is 2.46. The van der Waals surface area contributed by atoms with Gasteiger partial charge in [0.2, 0.25) is 0 Å². The molecule has 0 aliphatic carbocycles. The van der Waals surface area contributed by atoms with E-state index in [1.165, 1.54) is 0 Å². The molecular formula is C14H18N2O2. The third-order valence-corrected chi connectivity index (χ3v) is 3.30. The first-order valence-electron chi connectivity index (χ1n) is 6.21. The second-order valence-corrected chi connectivity index (χ2v) is 4.41. The minimum absolute atomic E-state index is 0.0365. The van der Waals surface area contributed by atoms with Crippen LogP contribution in [0.3, 0.4) is 0 Å². The molecule has 18 heavy (non-hydrogen) atoms. The standard InChI is InChI=1S/C14H18N2O2/c1-3-12-9-18-14(8-16-12)10-4-5-11(7-15)13(6-10)17-2/h4-6,12,14,16H,3,8-9H2,1-2H3/t12-,14?/m1/s1. The zero-order valence-corrected chi connectivity index (χ0v) is 10.8. The third kappa shape index (κ3) is 2.63. The van der Waals surface area contributed by atoms with Gasteiger partial charge in [-0.3, -0.25) is 0 Å².